The number of morpholine rings is 1. The molecule has 0 radical (unpaired) electrons. The fourth-order valence-electron chi connectivity index (χ4n) is 1.95. The largest absolute Gasteiger partial charge is 0.480 e. The van der Waals surface area contributed by atoms with Crippen molar-refractivity contribution in [3.8, 4) is 0 Å². The van der Waals surface area contributed by atoms with Gasteiger partial charge >= 0.3 is 12.0 Å². The first-order valence-corrected chi connectivity index (χ1v) is 7.06. The highest BCUT2D eigenvalue weighted by Gasteiger charge is 2.25. The molecule has 1 aromatic rings. The van der Waals surface area contributed by atoms with Crippen LogP contribution in [0.2, 0.25) is 0 Å². The van der Waals surface area contributed by atoms with Crippen LogP contribution in [-0.4, -0.2) is 64.3 Å². The van der Waals surface area contributed by atoms with E-state index in [2.05, 4.69) is 26.1 Å². The van der Waals surface area contributed by atoms with Gasteiger partial charge in [-0.25, -0.2) is 9.59 Å². The van der Waals surface area contributed by atoms with Crippen molar-refractivity contribution in [3.05, 3.63) is 11.7 Å². The molecular formula is C12H19N5O6. The molecule has 11 heteroatoms. The molecule has 1 fully saturated rings. The number of carbonyl (C=O) groups is 2. The third kappa shape index (κ3) is 4.87. The zero-order valence-electron chi connectivity index (χ0n) is 12.5. The minimum atomic E-state index is -1.41. The zero-order valence-corrected chi connectivity index (χ0v) is 12.5. The van der Waals surface area contributed by atoms with Crippen molar-refractivity contribution in [2.24, 2.45) is 0 Å². The molecule has 11 nitrogen and oxygen atoms in total. The highest BCUT2D eigenvalue weighted by Crippen LogP contribution is 2.12. The summed E-state index contributed by atoms with van der Waals surface area (Å²) in [6.07, 6.45) is -1.23. The Bertz CT molecular complexity index is 542. The highest BCUT2D eigenvalue weighted by atomic mass is 16.5. The molecule has 23 heavy (non-hydrogen) atoms. The first-order valence-electron chi connectivity index (χ1n) is 7.06. The van der Waals surface area contributed by atoms with E-state index in [0.29, 0.717) is 25.6 Å². The lowest BCUT2D eigenvalue weighted by Crippen LogP contribution is -2.51. The number of aromatic nitrogens is 2. The van der Waals surface area contributed by atoms with Crippen LogP contribution in [0.3, 0.4) is 0 Å². The van der Waals surface area contributed by atoms with Crippen LogP contribution >= 0.6 is 0 Å². The van der Waals surface area contributed by atoms with Gasteiger partial charge in [0.1, 0.15) is 0 Å². The van der Waals surface area contributed by atoms with Gasteiger partial charge in [-0.15, -0.1) is 0 Å². The average Bonchev–Trinajstić information content (AvgIpc) is 3.00. The van der Waals surface area contributed by atoms with E-state index >= 15 is 0 Å². The van der Waals surface area contributed by atoms with Crippen molar-refractivity contribution in [2.45, 2.75) is 31.7 Å². The Morgan fingerprint density at radius 3 is 2.91 bits per heavy atom. The molecule has 0 spiro atoms. The standard InChI is InChI=1S/C12H19N5O6/c1-6(18)9(11(19)20)16-12(21)14-4-8-15-10(17-23-8)7-5-22-3-2-13-7/h6-7,9,13,18H,2-5H2,1H3,(H,19,20)(H2,14,16,21). The van der Waals surface area contributed by atoms with Crippen molar-refractivity contribution < 1.29 is 29.1 Å². The van der Waals surface area contributed by atoms with Crippen LogP contribution in [0.1, 0.15) is 24.7 Å². The van der Waals surface area contributed by atoms with E-state index in [9.17, 15) is 14.7 Å². The summed E-state index contributed by atoms with van der Waals surface area (Å²) in [6, 6.07) is -2.34. The maximum Gasteiger partial charge on any atom is 0.328 e. The summed E-state index contributed by atoms with van der Waals surface area (Å²) in [5, 5.41) is 29.6. The van der Waals surface area contributed by atoms with Crippen LogP contribution in [0.25, 0.3) is 0 Å². The summed E-state index contributed by atoms with van der Waals surface area (Å²) in [4.78, 5) is 26.6. The topological polar surface area (TPSA) is 159 Å². The van der Waals surface area contributed by atoms with Crippen molar-refractivity contribution >= 4 is 12.0 Å². The first-order chi connectivity index (χ1) is 11.0. The second-order valence-electron chi connectivity index (χ2n) is 5.01. The van der Waals surface area contributed by atoms with Crippen molar-refractivity contribution in [3.63, 3.8) is 0 Å². The summed E-state index contributed by atoms with van der Waals surface area (Å²) in [5.74, 6) is -0.737. The minimum Gasteiger partial charge on any atom is -0.480 e. The summed E-state index contributed by atoms with van der Waals surface area (Å²) in [5.41, 5.74) is 0. The summed E-state index contributed by atoms with van der Waals surface area (Å²) >= 11 is 0. The Balaban J connectivity index is 1.82. The molecule has 0 bridgehead atoms. The molecule has 1 aliphatic rings. The molecule has 2 rings (SSSR count). The van der Waals surface area contributed by atoms with Crippen molar-refractivity contribution in [1.82, 2.24) is 26.1 Å². The molecule has 5 N–H and O–H groups in total. The smallest absolute Gasteiger partial charge is 0.328 e. The van der Waals surface area contributed by atoms with Gasteiger partial charge in [0, 0.05) is 6.54 Å². The van der Waals surface area contributed by atoms with Gasteiger partial charge in [-0.05, 0) is 6.92 Å². The van der Waals surface area contributed by atoms with E-state index < -0.39 is 24.1 Å². The van der Waals surface area contributed by atoms with Gasteiger partial charge in [-0.1, -0.05) is 5.16 Å². The highest BCUT2D eigenvalue weighted by molar-refractivity contribution is 5.82. The lowest BCUT2D eigenvalue weighted by Gasteiger charge is -2.20. The molecular weight excluding hydrogens is 310 g/mol. The van der Waals surface area contributed by atoms with Gasteiger partial charge in [-0.3, -0.25) is 0 Å². The van der Waals surface area contributed by atoms with E-state index in [1.54, 1.807) is 0 Å². The number of carboxylic acids is 1. The molecule has 1 aliphatic heterocycles. The predicted octanol–water partition coefficient (Wildman–Crippen LogP) is -1.64. The lowest BCUT2D eigenvalue weighted by molar-refractivity contribution is -0.141. The third-order valence-electron chi connectivity index (χ3n) is 3.15. The number of nitrogens with zero attached hydrogens (tertiary/aromatic N) is 2. The third-order valence-corrected chi connectivity index (χ3v) is 3.15. The molecule has 1 aromatic heterocycles. The normalized spacial score (nSPS) is 20.5. The molecule has 0 saturated carbocycles. The average molecular weight is 329 g/mol. The fraction of sp³-hybridized carbons (Fsp3) is 0.667. The maximum atomic E-state index is 11.6. The fourth-order valence-corrected chi connectivity index (χ4v) is 1.95. The number of urea groups is 1. The van der Waals surface area contributed by atoms with Gasteiger partial charge < -0.3 is 35.4 Å². The number of nitrogens with one attached hydrogen (secondary N) is 3. The number of hydrogen-bond donors (Lipinski definition) is 5. The second-order valence-corrected chi connectivity index (χ2v) is 5.01. The Morgan fingerprint density at radius 1 is 1.52 bits per heavy atom. The molecule has 3 unspecified atom stereocenters. The number of carbonyl (C=O) groups excluding carboxylic acids is 1. The number of rotatable bonds is 6. The molecule has 128 valence electrons. The zero-order chi connectivity index (χ0) is 16.8. The molecule has 3 atom stereocenters. The van der Waals surface area contributed by atoms with E-state index in [-0.39, 0.29) is 18.5 Å². The Labute approximate surface area is 131 Å². The van der Waals surface area contributed by atoms with Crippen molar-refractivity contribution in [2.75, 3.05) is 19.8 Å². The number of aliphatic hydroxyl groups is 1. The Hall–Kier alpha value is -2.24. The predicted molar refractivity (Wildman–Crippen MR) is 74.3 cm³/mol. The van der Waals surface area contributed by atoms with Crippen LogP contribution in [0.4, 0.5) is 4.79 Å². The van der Waals surface area contributed by atoms with Gasteiger partial charge in [0.25, 0.3) is 0 Å². The number of aliphatic hydroxyl groups excluding tert-OH is 1. The quantitative estimate of drug-likeness (QED) is 0.412. The first kappa shape index (κ1) is 17.1. The SMILES string of the molecule is CC(O)C(NC(=O)NCc1nc(C2COCCN2)no1)C(=O)O. The molecule has 2 heterocycles. The van der Waals surface area contributed by atoms with Gasteiger partial charge in [0.15, 0.2) is 11.9 Å². The number of hydrogen-bond acceptors (Lipinski definition) is 8. The van der Waals surface area contributed by atoms with Crippen LogP contribution < -0.4 is 16.0 Å². The second kappa shape index (κ2) is 7.85. The monoisotopic (exact) mass is 329 g/mol. The van der Waals surface area contributed by atoms with E-state index in [4.69, 9.17) is 14.4 Å². The van der Waals surface area contributed by atoms with Crippen LogP contribution in [-0.2, 0) is 16.1 Å². The maximum absolute atomic E-state index is 11.6. The molecule has 2 amide bonds. The van der Waals surface area contributed by atoms with Gasteiger partial charge in [0.05, 0.1) is 31.9 Å². The number of amides is 2. The molecule has 1 saturated heterocycles. The van der Waals surface area contributed by atoms with Crippen LogP contribution in [0.5, 0.6) is 0 Å². The molecule has 0 aromatic carbocycles. The van der Waals surface area contributed by atoms with E-state index in [0.717, 1.165) is 0 Å². The summed E-state index contributed by atoms with van der Waals surface area (Å²) < 4.78 is 10.3. The van der Waals surface area contributed by atoms with Crippen LogP contribution in [0, 0.1) is 0 Å². The summed E-state index contributed by atoms with van der Waals surface area (Å²) in [6.45, 7) is 2.94. The minimum absolute atomic E-state index is 0.0709. The Kier molecular flexibility index (Phi) is 5.84. The number of carboxylic acid groups (broad SMARTS) is 1. The van der Waals surface area contributed by atoms with Gasteiger partial charge in [-0.2, -0.15) is 4.98 Å². The van der Waals surface area contributed by atoms with E-state index in [1.165, 1.54) is 6.92 Å². The van der Waals surface area contributed by atoms with Gasteiger partial charge in [0.2, 0.25) is 5.89 Å². The number of ether oxygens (including phenoxy) is 1. The Morgan fingerprint density at radius 2 is 2.30 bits per heavy atom. The number of aliphatic carboxylic acids is 1. The summed E-state index contributed by atoms with van der Waals surface area (Å²) in [7, 11) is 0. The molecule has 0 aliphatic carbocycles. The van der Waals surface area contributed by atoms with E-state index in [1.807, 2.05) is 0 Å². The lowest BCUT2D eigenvalue weighted by atomic mass is 10.2. The van der Waals surface area contributed by atoms with Crippen molar-refractivity contribution in [1.29, 1.82) is 0 Å². The van der Waals surface area contributed by atoms with Crippen LogP contribution in [0.15, 0.2) is 4.52 Å².